The molecule has 140 valence electrons. The molecular formula is C25H28O2. The van der Waals surface area contributed by atoms with Gasteiger partial charge in [-0.05, 0) is 42.2 Å². The van der Waals surface area contributed by atoms with Crippen molar-refractivity contribution in [2.75, 3.05) is 0 Å². The van der Waals surface area contributed by atoms with Crippen molar-refractivity contribution in [3.8, 4) is 28.4 Å². The van der Waals surface area contributed by atoms with Crippen LogP contribution in [-0.2, 0) is 6.42 Å². The standard InChI is InChI=1S/C25H28O2/c1-2-3-4-5-6-13-20-14-7-8-15-21(20)22-16-9-11-18-24(22)27-25-19-12-10-17-23(25)26/h7-12,14-19,26H,2-6,13H2,1H3. The van der Waals surface area contributed by atoms with Crippen molar-refractivity contribution in [1.82, 2.24) is 0 Å². The third-order valence-electron chi connectivity index (χ3n) is 4.83. The van der Waals surface area contributed by atoms with E-state index >= 15 is 0 Å². The van der Waals surface area contributed by atoms with Gasteiger partial charge in [-0.25, -0.2) is 0 Å². The number of phenolic OH excluding ortho intramolecular Hbond substituents is 1. The van der Waals surface area contributed by atoms with Gasteiger partial charge >= 0.3 is 0 Å². The van der Waals surface area contributed by atoms with Crippen LogP contribution in [0.25, 0.3) is 11.1 Å². The fourth-order valence-corrected chi connectivity index (χ4v) is 3.36. The predicted octanol–water partition coefficient (Wildman–Crippen LogP) is 7.36. The first kappa shape index (κ1) is 19.0. The Labute approximate surface area is 162 Å². The summed E-state index contributed by atoms with van der Waals surface area (Å²) in [7, 11) is 0. The first-order chi connectivity index (χ1) is 13.3. The summed E-state index contributed by atoms with van der Waals surface area (Å²) in [4.78, 5) is 0. The van der Waals surface area contributed by atoms with Crippen molar-refractivity contribution in [2.45, 2.75) is 45.4 Å². The van der Waals surface area contributed by atoms with Crippen molar-refractivity contribution >= 4 is 0 Å². The molecule has 0 unspecified atom stereocenters. The van der Waals surface area contributed by atoms with E-state index < -0.39 is 0 Å². The molecule has 0 aliphatic rings. The van der Waals surface area contributed by atoms with Crippen LogP contribution < -0.4 is 4.74 Å². The number of aromatic hydroxyl groups is 1. The van der Waals surface area contributed by atoms with Crippen LogP contribution in [0.2, 0.25) is 0 Å². The molecule has 1 N–H and O–H groups in total. The highest BCUT2D eigenvalue weighted by Gasteiger charge is 2.12. The largest absolute Gasteiger partial charge is 0.504 e. The molecule has 0 amide bonds. The second-order valence-electron chi connectivity index (χ2n) is 6.89. The Morgan fingerprint density at radius 2 is 1.30 bits per heavy atom. The second kappa shape index (κ2) is 9.82. The van der Waals surface area contributed by atoms with Crippen LogP contribution in [0.4, 0.5) is 0 Å². The van der Waals surface area contributed by atoms with Gasteiger partial charge in [0.25, 0.3) is 0 Å². The van der Waals surface area contributed by atoms with Crippen LogP contribution >= 0.6 is 0 Å². The van der Waals surface area contributed by atoms with E-state index in [2.05, 4.69) is 37.3 Å². The van der Waals surface area contributed by atoms with Crippen LogP contribution in [0.3, 0.4) is 0 Å². The molecule has 3 aromatic rings. The van der Waals surface area contributed by atoms with Gasteiger partial charge in [0.15, 0.2) is 11.5 Å². The predicted molar refractivity (Wildman–Crippen MR) is 113 cm³/mol. The van der Waals surface area contributed by atoms with Gasteiger partial charge in [-0.3, -0.25) is 0 Å². The molecule has 0 spiro atoms. The topological polar surface area (TPSA) is 29.5 Å². The van der Waals surface area contributed by atoms with Gasteiger partial charge in [-0.15, -0.1) is 0 Å². The van der Waals surface area contributed by atoms with Crippen LogP contribution in [0.5, 0.6) is 17.2 Å². The Kier molecular flexibility index (Phi) is 6.92. The smallest absolute Gasteiger partial charge is 0.169 e. The molecule has 3 rings (SSSR count). The van der Waals surface area contributed by atoms with E-state index in [0.29, 0.717) is 5.75 Å². The maximum Gasteiger partial charge on any atom is 0.169 e. The molecule has 2 heteroatoms. The van der Waals surface area contributed by atoms with Crippen LogP contribution in [0.1, 0.15) is 44.6 Å². The average molecular weight is 360 g/mol. The van der Waals surface area contributed by atoms with Crippen molar-refractivity contribution in [1.29, 1.82) is 0 Å². The lowest BCUT2D eigenvalue weighted by Gasteiger charge is -2.15. The number of aryl methyl sites for hydroxylation is 1. The second-order valence-corrected chi connectivity index (χ2v) is 6.89. The van der Waals surface area contributed by atoms with Gasteiger partial charge in [0.1, 0.15) is 5.75 Å². The minimum absolute atomic E-state index is 0.150. The third-order valence-corrected chi connectivity index (χ3v) is 4.83. The molecule has 0 heterocycles. The average Bonchev–Trinajstić information content (AvgIpc) is 2.70. The minimum atomic E-state index is 0.150. The molecule has 2 nitrogen and oxygen atoms in total. The molecule has 0 atom stereocenters. The highest BCUT2D eigenvalue weighted by atomic mass is 16.5. The first-order valence-corrected chi connectivity index (χ1v) is 9.92. The van der Waals surface area contributed by atoms with Crippen LogP contribution in [0.15, 0.2) is 72.8 Å². The number of phenols is 1. The van der Waals surface area contributed by atoms with Crippen molar-refractivity contribution in [3.63, 3.8) is 0 Å². The summed E-state index contributed by atoms with van der Waals surface area (Å²) >= 11 is 0. The molecule has 0 saturated heterocycles. The van der Waals surface area contributed by atoms with Gasteiger partial charge in [0.05, 0.1) is 0 Å². The molecule has 0 aliphatic carbocycles. The number of unbranched alkanes of at least 4 members (excludes halogenated alkanes) is 4. The molecule has 0 radical (unpaired) electrons. The van der Waals surface area contributed by atoms with Crippen molar-refractivity contribution < 1.29 is 9.84 Å². The quantitative estimate of drug-likeness (QED) is 0.404. The Hall–Kier alpha value is -2.74. The van der Waals surface area contributed by atoms with E-state index in [4.69, 9.17) is 4.74 Å². The molecule has 27 heavy (non-hydrogen) atoms. The van der Waals surface area contributed by atoms with E-state index in [1.165, 1.54) is 43.2 Å². The maximum atomic E-state index is 10.0. The van der Waals surface area contributed by atoms with E-state index in [-0.39, 0.29) is 5.75 Å². The fourth-order valence-electron chi connectivity index (χ4n) is 3.36. The fraction of sp³-hybridized carbons (Fsp3) is 0.280. The molecule has 0 saturated carbocycles. The molecular weight excluding hydrogens is 332 g/mol. The number of para-hydroxylation sites is 3. The number of ether oxygens (including phenoxy) is 1. The summed E-state index contributed by atoms with van der Waals surface area (Å²) in [6.07, 6.45) is 7.46. The van der Waals surface area contributed by atoms with Gasteiger partial charge in [0.2, 0.25) is 0 Å². The Bertz CT molecular complexity index is 854. The summed E-state index contributed by atoms with van der Waals surface area (Å²) < 4.78 is 6.06. The highest BCUT2D eigenvalue weighted by Crippen LogP contribution is 2.38. The highest BCUT2D eigenvalue weighted by molar-refractivity contribution is 5.74. The zero-order chi connectivity index (χ0) is 18.9. The molecule has 0 bridgehead atoms. The summed E-state index contributed by atoms with van der Waals surface area (Å²) in [6, 6.07) is 23.7. The van der Waals surface area contributed by atoms with E-state index in [1.54, 1.807) is 18.2 Å². The van der Waals surface area contributed by atoms with Gasteiger partial charge in [0, 0.05) is 5.56 Å². The van der Waals surface area contributed by atoms with Crippen LogP contribution in [-0.4, -0.2) is 5.11 Å². The van der Waals surface area contributed by atoms with Crippen molar-refractivity contribution in [3.05, 3.63) is 78.4 Å². The number of rotatable bonds is 9. The van der Waals surface area contributed by atoms with E-state index in [1.807, 2.05) is 24.3 Å². The van der Waals surface area contributed by atoms with Crippen molar-refractivity contribution in [2.24, 2.45) is 0 Å². The maximum absolute atomic E-state index is 10.0. The lowest BCUT2D eigenvalue weighted by Crippen LogP contribution is -1.94. The van der Waals surface area contributed by atoms with E-state index in [0.717, 1.165) is 17.7 Å². The normalized spacial score (nSPS) is 10.7. The Morgan fingerprint density at radius 3 is 2.07 bits per heavy atom. The zero-order valence-electron chi connectivity index (χ0n) is 16.0. The third kappa shape index (κ3) is 5.13. The SMILES string of the molecule is CCCCCCCc1ccccc1-c1ccccc1Oc1ccccc1O. The van der Waals surface area contributed by atoms with Gasteiger partial charge < -0.3 is 9.84 Å². The zero-order valence-corrected chi connectivity index (χ0v) is 16.0. The molecule has 0 aliphatic heterocycles. The van der Waals surface area contributed by atoms with Gasteiger partial charge in [-0.1, -0.05) is 87.2 Å². The summed E-state index contributed by atoms with van der Waals surface area (Å²) in [5.74, 6) is 1.39. The lowest BCUT2D eigenvalue weighted by atomic mass is 9.95. The van der Waals surface area contributed by atoms with Crippen LogP contribution in [0, 0.1) is 0 Å². The lowest BCUT2D eigenvalue weighted by molar-refractivity contribution is 0.412. The molecule has 0 fully saturated rings. The minimum Gasteiger partial charge on any atom is -0.504 e. The van der Waals surface area contributed by atoms with Gasteiger partial charge in [-0.2, -0.15) is 0 Å². The molecule has 3 aromatic carbocycles. The monoisotopic (exact) mass is 360 g/mol. The number of hydrogen-bond donors (Lipinski definition) is 1. The summed E-state index contributed by atoms with van der Waals surface area (Å²) in [6.45, 7) is 2.25. The summed E-state index contributed by atoms with van der Waals surface area (Å²) in [5, 5.41) is 10.0. The number of hydrogen-bond acceptors (Lipinski definition) is 2. The Balaban J connectivity index is 1.83. The summed E-state index contributed by atoms with van der Waals surface area (Å²) in [5.41, 5.74) is 3.62. The molecule has 0 aromatic heterocycles. The number of benzene rings is 3. The van der Waals surface area contributed by atoms with E-state index in [9.17, 15) is 5.11 Å². The Morgan fingerprint density at radius 1 is 0.667 bits per heavy atom. The first-order valence-electron chi connectivity index (χ1n) is 9.92.